The second-order valence-electron chi connectivity index (χ2n) is 8.10. The Balaban J connectivity index is 1.57. The highest BCUT2D eigenvalue weighted by atomic mass is 35.5. The van der Waals surface area contributed by atoms with Crippen LogP contribution in [-0.4, -0.2) is 23.0 Å². The first-order valence-electron chi connectivity index (χ1n) is 11.4. The maximum atomic E-state index is 13.5. The molecule has 6 nitrogen and oxygen atoms in total. The molecule has 0 amide bonds. The van der Waals surface area contributed by atoms with Gasteiger partial charge < -0.3 is 9.47 Å². The van der Waals surface area contributed by atoms with Crippen molar-refractivity contribution in [1.29, 1.82) is 0 Å². The molecule has 0 N–H and O–H groups in total. The van der Waals surface area contributed by atoms with Crippen molar-refractivity contribution in [1.82, 2.24) is 9.66 Å². The summed E-state index contributed by atoms with van der Waals surface area (Å²) in [6.45, 7) is 0.227. The Kier molecular flexibility index (Phi) is 7.21. The van der Waals surface area contributed by atoms with Crippen molar-refractivity contribution in [3.8, 4) is 22.9 Å². The van der Waals surface area contributed by atoms with Gasteiger partial charge >= 0.3 is 0 Å². The monoisotopic (exact) mass is 529 g/mol. The molecule has 0 radical (unpaired) electrons. The number of methoxy groups -OCH3 is 1. The van der Waals surface area contributed by atoms with Gasteiger partial charge in [-0.1, -0.05) is 77.8 Å². The number of para-hydroxylation sites is 2. The van der Waals surface area contributed by atoms with Crippen LogP contribution >= 0.6 is 23.2 Å². The van der Waals surface area contributed by atoms with Crippen LogP contribution in [0.3, 0.4) is 0 Å². The quantitative estimate of drug-likeness (QED) is 0.216. The number of nitrogens with zero attached hydrogens (tertiary/aromatic N) is 3. The summed E-state index contributed by atoms with van der Waals surface area (Å²) in [7, 11) is 1.56. The molecule has 0 unspecified atom stereocenters. The molecule has 0 fully saturated rings. The molecule has 0 saturated heterocycles. The Labute approximate surface area is 223 Å². The van der Waals surface area contributed by atoms with Gasteiger partial charge in [-0.2, -0.15) is 9.78 Å². The third-order valence-electron chi connectivity index (χ3n) is 5.69. The molecule has 5 rings (SSSR count). The fourth-order valence-corrected chi connectivity index (χ4v) is 4.18. The molecule has 1 aromatic heterocycles. The fraction of sp³-hybridized carbons (Fsp3) is 0.0690. The van der Waals surface area contributed by atoms with Gasteiger partial charge in [0, 0.05) is 11.1 Å². The van der Waals surface area contributed by atoms with Crippen LogP contribution in [0.15, 0.2) is 101 Å². The summed E-state index contributed by atoms with van der Waals surface area (Å²) in [5.74, 6) is 1.43. The summed E-state index contributed by atoms with van der Waals surface area (Å²) < 4.78 is 13.0. The third kappa shape index (κ3) is 5.21. The molecule has 1 heterocycles. The van der Waals surface area contributed by atoms with Gasteiger partial charge in [-0.15, -0.1) is 0 Å². The van der Waals surface area contributed by atoms with Crippen molar-refractivity contribution in [3.05, 3.63) is 123 Å². The van der Waals surface area contributed by atoms with E-state index in [0.29, 0.717) is 43.8 Å². The number of rotatable bonds is 7. The van der Waals surface area contributed by atoms with Crippen LogP contribution in [0.5, 0.6) is 11.5 Å². The molecule has 0 aliphatic carbocycles. The van der Waals surface area contributed by atoms with Crippen LogP contribution < -0.4 is 15.0 Å². The highest BCUT2D eigenvalue weighted by molar-refractivity contribution is 6.42. The van der Waals surface area contributed by atoms with Gasteiger partial charge in [0.05, 0.1) is 34.3 Å². The number of hydrogen-bond acceptors (Lipinski definition) is 5. The maximum absolute atomic E-state index is 13.5. The van der Waals surface area contributed by atoms with Crippen LogP contribution in [0.4, 0.5) is 0 Å². The Morgan fingerprint density at radius 2 is 1.70 bits per heavy atom. The summed E-state index contributed by atoms with van der Waals surface area (Å²) in [6.07, 6.45) is 1.57. The average molecular weight is 530 g/mol. The lowest BCUT2D eigenvalue weighted by Crippen LogP contribution is -2.20. The van der Waals surface area contributed by atoms with E-state index < -0.39 is 0 Å². The number of fused-ring (bicyclic) bond motifs is 1. The molecule has 0 aliphatic heterocycles. The summed E-state index contributed by atoms with van der Waals surface area (Å²) in [5.41, 5.74) is 2.55. The maximum Gasteiger partial charge on any atom is 0.282 e. The van der Waals surface area contributed by atoms with Gasteiger partial charge in [0.2, 0.25) is 0 Å². The Hall–Kier alpha value is -4.13. The molecule has 0 atom stereocenters. The molecule has 8 heteroatoms. The first-order chi connectivity index (χ1) is 18.0. The van der Waals surface area contributed by atoms with Gasteiger partial charge in [0.25, 0.3) is 5.56 Å². The third-order valence-corrected chi connectivity index (χ3v) is 6.43. The molecular formula is C29H21Cl2N3O3. The van der Waals surface area contributed by atoms with Crippen LogP contribution in [-0.2, 0) is 6.61 Å². The lowest BCUT2D eigenvalue weighted by atomic mass is 10.2. The number of ether oxygens (including phenoxy) is 2. The SMILES string of the molecule is COc1cccc(C=Nn2c(-c3ccccc3)nc3ccccc3c2=O)c1OCc1ccc(Cl)c(Cl)c1. The standard InChI is InChI=1S/C29H21Cl2N3O3/c1-36-26-13-7-10-21(27(26)37-18-19-14-15-23(30)24(31)16-19)17-32-34-28(20-8-3-2-4-9-20)33-25-12-6-5-11-22(25)29(34)35/h2-17H,18H2,1H3. The van der Waals surface area contributed by atoms with E-state index in [-0.39, 0.29) is 12.2 Å². The number of benzene rings is 4. The average Bonchev–Trinajstić information content (AvgIpc) is 2.93. The van der Waals surface area contributed by atoms with E-state index in [1.54, 1.807) is 43.7 Å². The van der Waals surface area contributed by atoms with Crippen LogP contribution in [0.25, 0.3) is 22.3 Å². The van der Waals surface area contributed by atoms with Crippen molar-refractivity contribution in [2.45, 2.75) is 6.61 Å². The van der Waals surface area contributed by atoms with Crippen molar-refractivity contribution >= 4 is 40.3 Å². The van der Waals surface area contributed by atoms with Crippen molar-refractivity contribution in [2.24, 2.45) is 5.10 Å². The van der Waals surface area contributed by atoms with Crippen molar-refractivity contribution < 1.29 is 9.47 Å². The van der Waals surface area contributed by atoms with Gasteiger partial charge in [-0.25, -0.2) is 4.98 Å². The zero-order valence-electron chi connectivity index (χ0n) is 19.8. The van der Waals surface area contributed by atoms with E-state index in [2.05, 4.69) is 5.10 Å². The number of halogens is 2. The van der Waals surface area contributed by atoms with Crippen LogP contribution in [0.2, 0.25) is 10.0 Å². The van der Waals surface area contributed by atoms with Crippen molar-refractivity contribution in [3.63, 3.8) is 0 Å². The Morgan fingerprint density at radius 3 is 2.49 bits per heavy atom. The first kappa shape index (κ1) is 24.6. The van der Waals surface area contributed by atoms with Gasteiger partial charge in [-0.05, 0) is 42.0 Å². The molecule has 37 heavy (non-hydrogen) atoms. The zero-order valence-corrected chi connectivity index (χ0v) is 21.3. The topological polar surface area (TPSA) is 65.7 Å². The zero-order chi connectivity index (χ0) is 25.8. The highest BCUT2D eigenvalue weighted by Gasteiger charge is 2.14. The van der Waals surface area contributed by atoms with E-state index in [9.17, 15) is 4.79 Å². The minimum Gasteiger partial charge on any atom is -0.493 e. The van der Waals surface area contributed by atoms with Crippen LogP contribution in [0.1, 0.15) is 11.1 Å². The predicted molar refractivity (Wildman–Crippen MR) is 148 cm³/mol. The lowest BCUT2D eigenvalue weighted by molar-refractivity contribution is 0.284. The summed E-state index contributed by atoms with van der Waals surface area (Å²) in [6, 6.07) is 27.4. The van der Waals surface area contributed by atoms with Crippen molar-refractivity contribution in [2.75, 3.05) is 7.11 Å². The molecular weight excluding hydrogens is 509 g/mol. The molecule has 4 aromatic carbocycles. The van der Waals surface area contributed by atoms with Crippen LogP contribution in [0, 0.1) is 0 Å². The lowest BCUT2D eigenvalue weighted by Gasteiger charge is -2.14. The van der Waals surface area contributed by atoms with E-state index in [1.807, 2.05) is 60.7 Å². The molecule has 0 bridgehead atoms. The predicted octanol–water partition coefficient (Wildman–Crippen LogP) is 6.84. The fourth-order valence-electron chi connectivity index (χ4n) is 3.86. The Bertz CT molecular complexity index is 1670. The molecule has 0 aliphatic rings. The number of aromatic nitrogens is 2. The second kappa shape index (κ2) is 10.9. The van der Waals surface area contributed by atoms with Gasteiger partial charge in [0.15, 0.2) is 17.3 Å². The summed E-state index contributed by atoms with van der Waals surface area (Å²) in [4.78, 5) is 18.2. The molecule has 184 valence electrons. The minimum atomic E-state index is -0.276. The molecule has 0 saturated carbocycles. The highest BCUT2D eigenvalue weighted by Crippen LogP contribution is 2.32. The summed E-state index contributed by atoms with van der Waals surface area (Å²) in [5, 5.41) is 5.95. The van der Waals surface area contributed by atoms with Gasteiger partial charge in [-0.3, -0.25) is 4.79 Å². The minimum absolute atomic E-state index is 0.227. The van der Waals surface area contributed by atoms with E-state index >= 15 is 0 Å². The first-order valence-corrected chi connectivity index (χ1v) is 12.2. The van der Waals surface area contributed by atoms with Gasteiger partial charge in [0.1, 0.15) is 6.61 Å². The normalized spacial score (nSPS) is 11.2. The molecule has 5 aromatic rings. The smallest absolute Gasteiger partial charge is 0.282 e. The molecule has 0 spiro atoms. The Morgan fingerprint density at radius 1 is 0.919 bits per heavy atom. The van der Waals surface area contributed by atoms with E-state index in [0.717, 1.165) is 11.1 Å². The van der Waals surface area contributed by atoms with E-state index in [1.165, 1.54) is 4.68 Å². The van der Waals surface area contributed by atoms with E-state index in [4.69, 9.17) is 37.7 Å². The largest absolute Gasteiger partial charge is 0.493 e. The summed E-state index contributed by atoms with van der Waals surface area (Å²) >= 11 is 12.2. The second-order valence-corrected chi connectivity index (χ2v) is 8.91. The number of hydrogen-bond donors (Lipinski definition) is 0.